The monoisotopic (exact) mass is 497 g/mol. The van der Waals surface area contributed by atoms with Crippen molar-refractivity contribution in [2.24, 2.45) is 0 Å². The van der Waals surface area contributed by atoms with E-state index in [9.17, 15) is 18.0 Å². The van der Waals surface area contributed by atoms with Crippen LogP contribution in [-0.2, 0) is 19.6 Å². The average Bonchev–Trinajstić information content (AvgIpc) is 2.71. The van der Waals surface area contributed by atoms with Crippen LogP contribution in [0, 0.1) is 6.92 Å². The minimum absolute atomic E-state index is 0.0228. The molecule has 0 spiro atoms. The zero-order valence-corrected chi connectivity index (χ0v) is 21.5. The predicted molar refractivity (Wildman–Crippen MR) is 132 cm³/mol. The molecule has 2 amide bonds. The van der Waals surface area contributed by atoms with E-state index >= 15 is 0 Å². The second kappa shape index (κ2) is 10.7. The van der Waals surface area contributed by atoms with Crippen molar-refractivity contribution in [1.29, 1.82) is 0 Å². The van der Waals surface area contributed by atoms with Gasteiger partial charge in [0.15, 0.2) is 0 Å². The van der Waals surface area contributed by atoms with Crippen molar-refractivity contribution in [3.63, 3.8) is 0 Å². The van der Waals surface area contributed by atoms with Crippen molar-refractivity contribution >= 4 is 39.1 Å². The maximum atomic E-state index is 13.8. The molecule has 9 heteroatoms. The number of nitrogens with one attached hydrogen (secondary N) is 1. The summed E-state index contributed by atoms with van der Waals surface area (Å²) in [6, 6.07) is 5.23. The number of rotatable bonds is 6. The molecule has 1 atom stereocenters. The normalized spacial score (nSPS) is 23.8. The van der Waals surface area contributed by atoms with Gasteiger partial charge in [0.25, 0.3) is 0 Å². The van der Waals surface area contributed by atoms with Crippen LogP contribution in [0.25, 0.3) is 0 Å². The molecule has 1 aliphatic heterocycles. The summed E-state index contributed by atoms with van der Waals surface area (Å²) in [4.78, 5) is 28.7. The molecule has 1 heterocycles. The van der Waals surface area contributed by atoms with Gasteiger partial charge in [0.05, 0.1) is 12.3 Å². The number of nitrogens with zero attached hydrogens (tertiary/aromatic N) is 2. The first-order chi connectivity index (χ1) is 15.6. The molecule has 1 saturated carbocycles. The predicted octanol–water partition coefficient (Wildman–Crippen LogP) is 4.02. The third kappa shape index (κ3) is 5.89. The number of carbonyl (C=O) groups is 2. The van der Waals surface area contributed by atoms with Gasteiger partial charge in [0.1, 0.15) is 5.54 Å². The fraction of sp³-hybridized carbons (Fsp3) is 0.667. The van der Waals surface area contributed by atoms with E-state index in [2.05, 4.69) is 5.32 Å². The van der Waals surface area contributed by atoms with Gasteiger partial charge in [-0.25, -0.2) is 8.42 Å². The highest BCUT2D eigenvalue weighted by atomic mass is 35.5. The Morgan fingerprint density at radius 3 is 2.45 bits per heavy atom. The van der Waals surface area contributed by atoms with Crippen molar-refractivity contribution < 1.29 is 18.0 Å². The van der Waals surface area contributed by atoms with Crippen molar-refractivity contribution in [3.8, 4) is 0 Å². The van der Waals surface area contributed by atoms with Crippen LogP contribution in [0.4, 0.5) is 5.69 Å². The maximum Gasteiger partial charge on any atom is 0.247 e. The molecule has 2 fully saturated rings. The van der Waals surface area contributed by atoms with Gasteiger partial charge in [-0.1, -0.05) is 56.7 Å². The van der Waals surface area contributed by atoms with E-state index in [1.165, 1.54) is 15.6 Å². The SMILES string of the molecule is CCCS(=O)(=O)N1CC(=O)N(c2cc(Cl)ccc2C)C(C)(C(=O)NC2CCCCCCC2)C1. The van der Waals surface area contributed by atoms with Crippen LogP contribution >= 0.6 is 11.6 Å². The molecule has 1 aromatic carbocycles. The minimum atomic E-state index is -3.66. The first kappa shape index (κ1) is 26.0. The molecule has 0 aromatic heterocycles. The molecule has 33 heavy (non-hydrogen) atoms. The Balaban J connectivity index is 1.99. The Labute approximate surface area is 202 Å². The lowest BCUT2D eigenvalue weighted by atomic mass is 9.91. The van der Waals surface area contributed by atoms with Crippen LogP contribution in [0.3, 0.4) is 0 Å². The molecule has 184 valence electrons. The number of piperazine rings is 1. The topological polar surface area (TPSA) is 86.8 Å². The lowest BCUT2D eigenvalue weighted by molar-refractivity contribution is -0.133. The number of benzene rings is 1. The average molecular weight is 498 g/mol. The summed E-state index contributed by atoms with van der Waals surface area (Å²) in [5.74, 6) is -0.810. The van der Waals surface area contributed by atoms with Gasteiger partial charge in [-0.3, -0.25) is 14.5 Å². The summed E-state index contributed by atoms with van der Waals surface area (Å²) < 4.78 is 26.9. The number of hydrogen-bond acceptors (Lipinski definition) is 4. The molecule has 1 aliphatic carbocycles. The summed E-state index contributed by atoms with van der Waals surface area (Å²) in [7, 11) is -3.66. The van der Waals surface area contributed by atoms with Crippen LogP contribution in [0.5, 0.6) is 0 Å². The zero-order chi connectivity index (χ0) is 24.2. The molecule has 0 radical (unpaired) electrons. The highest BCUT2D eigenvalue weighted by Gasteiger charge is 2.51. The second-order valence-electron chi connectivity index (χ2n) is 9.53. The third-order valence-corrected chi connectivity index (χ3v) is 8.94. The number of amides is 2. The van der Waals surface area contributed by atoms with E-state index in [1.807, 2.05) is 6.92 Å². The second-order valence-corrected chi connectivity index (χ2v) is 12.1. The number of carbonyl (C=O) groups excluding carboxylic acids is 2. The molecular weight excluding hydrogens is 462 g/mol. The third-order valence-electron chi connectivity index (χ3n) is 6.74. The van der Waals surface area contributed by atoms with Crippen LogP contribution in [0.2, 0.25) is 5.02 Å². The van der Waals surface area contributed by atoms with E-state index in [4.69, 9.17) is 11.6 Å². The van der Waals surface area contributed by atoms with Crippen molar-refractivity contribution in [2.45, 2.75) is 83.7 Å². The van der Waals surface area contributed by atoms with Crippen LogP contribution in [0.15, 0.2) is 18.2 Å². The summed E-state index contributed by atoms with van der Waals surface area (Å²) in [6.45, 7) is 4.92. The maximum absolute atomic E-state index is 13.8. The molecule has 0 bridgehead atoms. The van der Waals surface area contributed by atoms with E-state index < -0.39 is 21.5 Å². The summed E-state index contributed by atoms with van der Waals surface area (Å²) >= 11 is 6.24. The minimum Gasteiger partial charge on any atom is -0.351 e. The zero-order valence-electron chi connectivity index (χ0n) is 19.9. The van der Waals surface area contributed by atoms with Crippen molar-refractivity contribution in [3.05, 3.63) is 28.8 Å². The highest BCUT2D eigenvalue weighted by Crippen LogP contribution is 2.35. The fourth-order valence-corrected chi connectivity index (χ4v) is 6.58. The van der Waals surface area contributed by atoms with E-state index in [1.54, 1.807) is 32.0 Å². The lowest BCUT2D eigenvalue weighted by Gasteiger charge is -2.47. The standard InChI is InChI=1S/C24H36ClN3O4S/c1-4-14-33(31,32)27-16-22(29)28(21-15-19(25)13-12-18(21)2)24(3,17-27)23(30)26-20-10-8-6-5-7-9-11-20/h12-13,15,20H,4-11,14,16-17H2,1-3H3,(H,26,30). The molecule has 2 aliphatic rings. The van der Waals surface area contributed by atoms with Gasteiger partial charge >= 0.3 is 0 Å². The summed E-state index contributed by atoms with van der Waals surface area (Å²) in [6.07, 6.45) is 7.85. The Bertz CT molecular complexity index is 976. The lowest BCUT2D eigenvalue weighted by Crippen LogP contribution is -2.71. The van der Waals surface area contributed by atoms with E-state index in [0.717, 1.165) is 44.1 Å². The summed E-state index contributed by atoms with van der Waals surface area (Å²) in [5, 5.41) is 3.62. The molecular formula is C24H36ClN3O4S. The van der Waals surface area contributed by atoms with Crippen molar-refractivity contribution in [1.82, 2.24) is 9.62 Å². The molecule has 3 rings (SSSR count). The number of sulfonamides is 1. The number of anilines is 1. The van der Waals surface area contributed by atoms with Crippen LogP contribution < -0.4 is 10.2 Å². The Morgan fingerprint density at radius 2 is 1.82 bits per heavy atom. The molecule has 1 aromatic rings. The molecule has 1 N–H and O–H groups in total. The van der Waals surface area contributed by atoms with Crippen molar-refractivity contribution in [2.75, 3.05) is 23.7 Å². The van der Waals surface area contributed by atoms with Gasteiger partial charge in [-0.05, 0) is 50.8 Å². The molecule has 1 unspecified atom stereocenters. The van der Waals surface area contributed by atoms with Crippen LogP contribution in [0.1, 0.15) is 70.8 Å². The Kier molecular flexibility index (Phi) is 8.45. The number of aryl methyl sites for hydroxylation is 1. The van der Waals surface area contributed by atoms with E-state index in [-0.39, 0.29) is 30.8 Å². The van der Waals surface area contributed by atoms with Gasteiger partial charge < -0.3 is 5.32 Å². The summed E-state index contributed by atoms with van der Waals surface area (Å²) in [5.41, 5.74) is -0.0635. The van der Waals surface area contributed by atoms with Gasteiger partial charge in [-0.15, -0.1) is 0 Å². The Hall–Kier alpha value is -1.64. The highest BCUT2D eigenvalue weighted by molar-refractivity contribution is 7.89. The van der Waals surface area contributed by atoms with Gasteiger partial charge in [0.2, 0.25) is 21.8 Å². The van der Waals surface area contributed by atoms with Gasteiger partial charge in [0, 0.05) is 23.3 Å². The number of halogens is 1. The quantitative estimate of drug-likeness (QED) is 0.643. The number of hydrogen-bond donors (Lipinski definition) is 1. The van der Waals surface area contributed by atoms with Crippen LogP contribution in [-0.4, -0.2) is 55.0 Å². The smallest absolute Gasteiger partial charge is 0.247 e. The van der Waals surface area contributed by atoms with Gasteiger partial charge in [-0.2, -0.15) is 4.31 Å². The Morgan fingerprint density at radius 1 is 1.18 bits per heavy atom. The first-order valence-corrected chi connectivity index (χ1v) is 13.9. The fourth-order valence-electron chi connectivity index (χ4n) is 4.89. The first-order valence-electron chi connectivity index (χ1n) is 12.0. The molecule has 1 saturated heterocycles. The van der Waals surface area contributed by atoms with E-state index in [0.29, 0.717) is 17.1 Å². The molecule has 7 nitrogen and oxygen atoms in total. The largest absolute Gasteiger partial charge is 0.351 e.